The lowest BCUT2D eigenvalue weighted by Gasteiger charge is -2.32. The summed E-state index contributed by atoms with van der Waals surface area (Å²) in [5.74, 6) is 0.0175. The molecule has 150 valence electrons. The van der Waals surface area contributed by atoms with E-state index in [4.69, 9.17) is 4.74 Å². The van der Waals surface area contributed by atoms with Crippen molar-refractivity contribution in [2.24, 2.45) is 0 Å². The van der Waals surface area contributed by atoms with E-state index in [0.29, 0.717) is 6.61 Å². The van der Waals surface area contributed by atoms with Gasteiger partial charge in [-0.25, -0.2) is 0 Å². The van der Waals surface area contributed by atoms with Crippen LogP contribution in [0.5, 0.6) is 0 Å². The van der Waals surface area contributed by atoms with Crippen LogP contribution in [0.2, 0.25) is 0 Å². The van der Waals surface area contributed by atoms with Gasteiger partial charge in [0.15, 0.2) is 0 Å². The zero-order chi connectivity index (χ0) is 19.8. The Morgan fingerprint density at radius 3 is 2.93 bits per heavy atom. The first-order valence-corrected chi connectivity index (χ1v) is 10.4. The molecule has 0 aromatic heterocycles. The second kappa shape index (κ2) is 7.75. The minimum absolute atomic E-state index is 0.0175. The van der Waals surface area contributed by atoms with E-state index in [-0.39, 0.29) is 18.6 Å². The highest BCUT2D eigenvalue weighted by Crippen LogP contribution is 2.43. The van der Waals surface area contributed by atoms with E-state index >= 15 is 0 Å². The van der Waals surface area contributed by atoms with Crippen LogP contribution in [0.4, 0.5) is 5.69 Å². The third-order valence-electron chi connectivity index (χ3n) is 6.26. The predicted molar refractivity (Wildman–Crippen MR) is 114 cm³/mol. The van der Waals surface area contributed by atoms with E-state index in [1.165, 1.54) is 22.3 Å². The van der Waals surface area contributed by atoms with Gasteiger partial charge in [0.05, 0.1) is 24.9 Å². The first-order valence-electron chi connectivity index (χ1n) is 10.4. The monoisotopic (exact) mass is 390 g/mol. The van der Waals surface area contributed by atoms with Crippen molar-refractivity contribution in [3.8, 4) is 0 Å². The highest BCUT2D eigenvalue weighted by molar-refractivity contribution is 6.37. The van der Waals surface area contributed by atoms with Crippen LogP contribution < -0.4 is 5.32 Å². The third-order valence-corrected chi connectivity index (χ3v) is 6.26. The lowest BCUT2D eigenvalue weighted by Crippen LogP contribution is -2.44. The Kier molecular flexibility index (Phi) is 4.96. The minimum atomic E-state index is -0.0570. The number of hydrogen-bond acceptors (Lipinski definition) is 4. The van der Waals surface area contributed by atoms with E-state index in [2.05, 4.69) is 28.4 Å². The molecule has 0 saturated carbocycles. The molecule has 1 unspecified atom stereocenters. The van der Waals surface area contributed by atoms with Gasteiger partial charge in [0, 0.05) is 30.9 Å². The van der Waals surface area contributed by atoms with Crippen molar-refractivity contribution in [1.82, 2.24) is 4.90 Å². The first kappa shape index (κ1) is 18.6. The maximum absolute atomic E-state index is 12.6. The number of anilines is 1. The maximum atomic E-state index is 12.6. The number of rotatable bonds is 4. The van der Waals surface area contributed by atoms with Gasteiger partial charge in [0.1, 0.15) is 0 Å². The van der Waals surface area contributed by atoms with Crippen molar-refractivity contribution >= 4 is 22.7 Å². The van der Waals surface area contributed by atoms with Gasteiger partial charge >= 0.3 is 0 Å². The summed E-state index contributed by atoms with van der Waals surface area (Å²) >= 11 is 0. The Hall–Kier alpha value is -2.47. The number of hydrogen-bond donors (Lipinski definition) is 2. The van der Waals surface area contributed by atoms with Gasteiger partial charge in [-0.05, 0) is 47.6 Å². The molecule has 2 heterocycles. The maximum Gasteiger partial charge on any atom is 0.256 e. The SMILES string of the molecule is O=C1Nc2ccccc2C1=C1CCc2cc(CCN3CCOC(CO)C3)ccc21. The van der Waals surface area contributed by atoms with Crippen LogP contribution in [0.3, 0.4) is 0 Å². The number of carbonyl (C=O) groups excluding carboxylic acids is 1. The van der Waals surface area contributed by atoms with E-state index in [0.717, 1.165) is 55.7 Å². The molecule has 2 aromatic carbocycles. The molecular weight excluding hydrogens is 364 g/mol. The summed E-state index contributed by atoms with van der Waals surface area (Å²) in [6.45, 7) is 3.47. The van der Waals surface area contributed by atoms with Crippen molar-refractivity contribution in [1.29, 1.82) is 0 Å². The average molecular weight is 390 g/mol. The molecule has 2 aliphatic heterocycles. The zero-order valence-electron chi connectivity index (χ0n) is 16.5. The van der Waals surface area contributed by atoms with Crippen LogP contribution in [0.25, 0.3) is 11.1 Å². The van der Waals surface area contributed by atoms with Crippen LogP contribution in [0.1, 0.15) is 28.7 Å². The molecule has 0 spiro atoms. The van der Waals surface area contributed by atoms with E-state index in [9.17, 15) is 9.90 Å². The number of nitrogens with zero attached hydrogens (tertiary/aromatic N) is 1. The largest absolute Gasteiger partial charge is 0.394 e. The molecule has 1 aliphatic carbocycles. The summed E-state index contributed by atoms with van der Waals surface area (Å²) in [6.07, 6.45) is 2.83. The first-order chi connectivity index (χ1) is 14.2. The fraction of sp³-hybridized carbons (Fsp3) is 0.375. The number of aliphatic hydroxyl groups is 1. The number of nitrogens with one attached hydrogen (secondary N) is 1. The van der Waals surface area contributed by atoms with E-state index < -0.39 is 0 Å². The van der Waals surface area contributed by atoms with Crippen molar-refractivity contribution in [2.45, 2.75) is 25.4 Å². The van der Waals surface area contributed by atoms with Gasteiger partial charge < -0.3 is 15.2 Å². The van der Waals surface area contributed by atoms with E-state index in [1.807, 2.05) is 24.3 Å². The second-order valence-electron chi connectivity index (χ2n) is 8.07. The number of benzene rings is 2. The molecule has 0 bridgehead atoms. The lowest BCUT2D eigenvalue weighted by atomic mass is 9.95. The van der Waals surface area contributed by atoms with Gasteiger partial charge in [0.2, 0.25) is 0 Å². The van der Waals surface area contributed by atoms with Crippen molar-refractivity contribution in [3.05, 3.63) is 64.7 Å². The molecular formula is C24H26N2O3. The molecule has 2 N–H and O–H groups in total. The molecule has 29 heavy (non-hydrogen) atoms. The van der Waals surface area contributed by atoms with Crippen LogP contribution in [0.15, 0.2) is 42.5 Å². The van der Waals surface area contributed by atoms with Gasteiger partial charge in [0.25, 0.3) is 5.91 Å². The van der Waals surface area contributed by atoms with Crippen LogP contribution in [0, 0.1) is 0 Å². The average Bonchev–Trinajstić information content (AvgIpc) is 3.31. The van der Waals surface area contributed by atoms with Crippen molar-refractivity contribution in [2.75, 3.05) is 38.2 Å². The summed E-state index contributed by atoms with van der Waals surface area (Å²) in [5, 5.41) is 12.3. The molecule has 1 amide bonds. The third kappa shape index (κ3) is 3.50. The Morgan fingerprint density at radius 2 is 2.03 bits per heavy atom. The Bertz CT molecular complexity index is 982. The smallest absolute Gasteiger partial charge is 0.256 e. The Balaban J connectivity index is 1.35. The predicted octanol–water partition coefficient (Wildman–Crippen LogP) is 2.73. The number of ether oxygens (including phenoxy) is 1. The van der Waals surface area contributed by atoms with Crippen LogP contribution >= 0.6 is 0 Å². The molecule has 1 atom stereocenters. The number of fused-ring (bicyclic) bond motifs is 2. The quantitative estimate of drug-likeness (QED) is 0.788. The van der Waals surface area contributed by atoms with Gasteiger partial charge in [-0.2, -0.15) is 0 Å². The summed E-state index contributed by atoms with van der Waals surface area (Å²) in [5.41, 5.74) is 7.86. The Morgan fingerprint density at radius 1 is 1.14 bits per heavy atom. The second-order valence-corrected chi connectivity index (χ2v) is 8.07. The number of carbonyl (C=O) groups is 1. The minimum Gasteiger partial charge on any atom is -0.394 e. The summed E-state index contributed by atoms with van der Waals surface area (Å²) in [7, 11) is 0. The molecule has 5 heteroatoms. The lowest BCUT2D eigenvalue weighted by molar-refractivity contribution is -0.110. The Labute approximate surface area is 171 Å². The molecule has 1 fully saturated rings. The molecule has 5 nitrogen and oxygen atoms in total. The van der Waals surface area contributed by atoms with Crippen molar-refractivity contribution in [3.63, 3.8) is 0 Å². The number of allylic oxidation sites excluding steroid dienone is 1. The molecule has 3 aliphatic rings. The van der Waals surface area contributed by atoms with Crippen LogP contribution in [-0.2, 0) is 22.4 Å². The number of aryl methyl sites for hydroxylation is 1. The van der Waals surface area contributed by atoms with Gasteiger partial charge in [-0.3, -0.25) is 9.69 Å². The highest BCUT2D eigenvalue weighted by Gasteiger charge is 2.30. The summed E-state index contributed by atoms with van der Waals surface area (Å²) in [6, 6.07) is 14.7. The zero-order valence-corrected chi connectivity index (χ0v) is 16.5. The van der Waals surface area contributed by atoms with Crippen LogP contribution in [-0.4, -0.2) is 54.9 Å². The topological polar surface area (TPSA) is 61.8 Å². The standard InChI is InChI=1S/C24H26N2O3/c27-15-18-14-26(11-12-29-18)10-9-16-5-7-19-17(13-16)6-8-20(19)23-21-3-1-2-4-22(21)25-24(23)28/h1-5,7,13,18,27H,6,8-12,14-15H2,(H,25,28). The number of amides is 1. The fourth-order valence-electron chi connectivity index (χ4n) is 4.76. The molecule has 1 saturated heterocycles. The van der Waals surface area contributed by atoms with Crippen molar-refractivity contribution < 1.29 is 14.6 Å². The normalized spacial score (nSPS) is 23.8. The molecule has 0 radical (unpaired) electrons. The van der Waals surface area contributed by atoms with Gasteiger partial charge in [-0.15, -0.1) is 0 Å². The number of para-hydroxylation sites is 1. The highest BCUT2D eigenvalue weighted by atomic mass is 16.5. The molecule has 2 aromatic rings. The fourth-order valence-corrected chi connectivity index (χ4v) is 4.76. The van der Waals surface area contributed by atoms with Gasteiger partial charge in [-0.1, -0.05) is 36.4 Å². The molecule has 5 rings (SSSR count). The summed E-state index contributed by atoms with van der Waals surface area (Å²) in [4.78, 5) is 15.0. The number of aliphatic hydroxyl groups excluding tert-OH is 1. The summed E-state index contributed by atoms with van der Waals surface area (Å²) < 4.78 is 5.53. The van der Waals surface area contributed by atoms with E-state index in [1.54, 1.807) is 0 Å². The number of morpholine rings is 1.